The minimum atomic E-state index is -0.842. The van der Waals surface area contributed by atoms with Crippen molar-refractivity contribution in [2.75, 3.05) is 0 Å². The monoisotopic (exact) mass is 144 g/mol. The van der Waals surface area contributed by atoms with E-state index in [9.17, 15) is 4.79 Å². The molecule has 58 valence electrons. The second-order valence-corrected chi connectivity index (χ2v) is 3.24. The lowest BCUT2D eigenvalue weighted by atomic mass is 10.1. The first-order valence-corrected chi connectivity index (χ1v) is 3.42. The van der Waals surface area contributed by atoms with Gasteiger partial charge in [0, 0.05) is 0 Å². The van der Waals surface area contributed by atoms with E-state index in [1.807, 2.05) is 13.8 Å². The fraction of sp³-hybridized carbons (Fsp3) is 0.857. The van der Waals surface area contributed by atoms with Gasteiger partial charge in [0.25, 0.3) is 0 Å². The molecule has 3 nitrogen and oxygen atoms in total. The van der Waals surface area contributed by atoms with Crippen molar-refractivity contribution in [1.29, 1.82) is 0 Å². The van der Waals surface area contributed by atoms with Gasteiger partial charge in [0.15, 0.2) is 6.10 Å². The molecule has 1 atom stereocenters. The maximum atomic E-state index is 10.4. The quantitative estimate of drug-likeness (QED) is 0.597. The number of hydrogen-bond donors (Lipinski definition) is 1. The van der Waals surface area contributed by atoms with Gasteiger partial charge in [-0.25, -0.2) is 4.79 Å². The van der Waals surface area contributed by atoms with E-state index >= 15 is 0 Å². The summed E-state index contributed by atoms with van der Waals surface area (Å²) in [4.78, 5) is 10.4. The third-order valence-corrected chi connectivity index (χ3v) is 1.75. The van der Waals surface area contributed by atoms with Gasteiger partial charge in [0.2, 0.25) is 0 Å². The van der Waals surface area contributed by atoms with E-state index in [2.05, 4.69) is 0 Å². The van der Waals surface area contributed by atoms with Crippen molar-refractivity contribution < 1.29 is 14.6 Å². The molecule has 1 aliphatic rings. The Balaban J connectivity index is 2.51. The molecule has 0 aromatic heterocycles. The van der Waals surface area contributed by atoms with Crippen LogP contribution in [0, 0.1) is 0 Å². The number of ether oxygens (including phenoxy) is 1. The third kappa shape index (κ3) is 1.48. The lowest BCUT2D eigenvalue weighted by molar-refractivity contribution is -0.152. The van der Waals surface area contributed by atoms with Crippen LogP contribution in [0.3, 0.4) is 0 Å². The van der Waals surface area contributed by atoms with Crippen LogP contribution in [-0.4, -0.2) is 22.8 Å². The predicted octanol–water partition coefficient (Wildman–Crippen LogP) is 1.03. The Morgan fingerprint density at radius 2 is 2.30 bits per heavy atom. The Morgan fingerprint density at radius 1 is 1.70 bits per heavy atom. The lowest BCUT2D eigenvalue weighted by Gasteiger charge is -2.16. The van der Waals surface area contributed by atoms with Crippen molar-refractivity contribution in [3.05, 3.63) is 0 Å². The molecule has 1 aliphatic heterocycles. The maximum absolute atomic E-state index is 10.4. The summed E-state index contributed by atoms with van der Waals surface area (Å²) >= 11 is 0. The number of aliphatic carboxylic acids is 1. The first-order chi connectivity index (χ1) is 4.51. The molecular weight excluding hydrogens is 132 g/mol. The molecule has 0 unspecified atom stereocenters. The number of carbonyl (C=O) groups is 1. The Labute approximate surface area is 60.0 Å². The third-order valence-electron chi connectivity index (χ3n) is 1.75. The van der Waals surface area contributed by atoms with E-state index in [1.54, 1.807) is 0 Å². The van der Waals surface area contributed by atoms with Crippen LogP contribution in [0.5, 0.6) is 0 Å². The van der Waals surface area contributed by atoms with Crippen LogP contribution < -0.4 is 0 Å². The van der Waals surface area contributed by atoms with Gasteiger partial charge in [0.05, 0.1) is 5.60 Å². The molecule has 0 aromatic rings. The molecule has 1 heterocycles. The Morgan fingerprint density at radius 3 is 2.50 bits per heavy atom. The van der Waals surface area contributed by atoms with E-state index < -0.39 is 12.1 Å². The number of hydrogen-bond acceptors (Lipinski definition) is 2. The first kappa shape index (κ1) is 7.54. The molecule has 3 heteroatoms. The summed E-state index contributed by atoms with van der Waals surface area (Å²) in [5, 5.41) is 8.52. The molecule has 0 bridgehead atoms. The van der Waals surface area contributed by atoms with Gasteiger partial charge in [0.1, 0.15) is 0 Å². The average Bonchev–Trinajstić information content (AvgIpc) is 2.10. The van der Waals surface area contributed by atoms with Gasteiger partial charge in [-0.2, -0.15) is 0 Å². The highest BCUT2D eigenvalue weighted by Crippen LogP contribution is 2.29. The van der Waals surface area contributed by atoms with Crippen molar-refractivity contribution >= 4 is 5.97 Å². The standard InChI is InChI=1S/C7H12O3/c1-7(2)4-3-5(10-7)6(8)9/h5H,3-4H2,1-2H3,(H,8,9)/t5-/m1/s1. The van der Waals surface area contributed by atoms with Crippen LogP contribution in [-0.2, 0) is 9.53 Å². The average molecular weight is 144 g/mol. The Hall–Kier alpha value is -0.570. The number of rotatable bonds is 1. The minimum absolute atomic E-state index is 0.233. The van der Waals surface area contributed by atoms with Crippen LogP contribution in [0.15, 0.2) is 0 Å². The number of carboxylic acids is 1. The summed E-state index contributed by atoms with van der Waals surface area (Å²) < 4.78 is 5.21. The second-order valence-electron chi connectivity index (χ2n) is 3.24. The lowest BCUT2D eigenvalue weighted by Crippen LogP contribution is -2.25. The van der Waals surface area contributed by atoms with Crippen molar-refractivity contribution in [3.63, 3.8) is 0 Å². The molecular formula is C7H12O3. The molecule has 0 saturated carbocycles. The fourth-order valence-electron chi connectivity index (χ4n) is 1.16. The van der Waals surface area contributed by atoms with Crippen LogP contribution >= 0.6 is 0 Å². The van der Waals surface area contributed by atoms with Crippen LogP contribution in [0.1, 0.15) is 26.7 Å². The summed E-state index contributed by atoms with van der Waals surface area (Å²) in [5.74, 6) is -0.842. The second kappa shape index (κ2) is 2.23. The zero-order valence-corrected chi connectivity index (χ0v) is 6.26. The fourth-order valence-corrected chi connectivity index (χ4v) is 1.16. The molecule has 0 aliphatic carbocycles. The Kier molecular flexibility index (Phi) is 1.68. The Bertz CT molecular complexity index is 151. The van der Waals surface area contributed by atoms with E-state index in [1.165, 1.54) is 0 Å². The topological polar surface area (TPSA) is 46.5 Å². The van der Waals surface area contributed by atoms with Gasteiger partial charge >= 0.3 is 5.97 Å². The van der Waals surface area contributed by atoms with Crippen molar-refractivity contribution in [1.82, 2.24) is 0 Å². The summed E-state index contributed by atoms with van der Waals surface area (Å²) in [6, 6.07) is 0. The van der Waals surface area contributed by atoms with Gasteiger partial charge in [-0.15, -0.1) is 0 Å². The van der Waals surface area contributed by atoms with E-state index in [-0.39, 0.29) is 5.60 Å². The van der Waals surface area contributed by atoms with Crippen LogP contribution in [0.4, 0.5) is 0 Å². The summed E-state index contributed by atoms with van der Waals surface area (Å²) in [6.07, 6.45) is 0.904. The highest BCUT2D eigenvalue weighted by molar-refractivity contribution is 5.72. The summed E-state index contributed by atoms with van der Waals surface area (Å²) in [6.45, 7) is 3.83. The molecule has 0 radical (unpaired) electrons. The van der Waals surface area contributed by atoms with E-state index in [0.29, 0.717) is 6.42 Å². The first-order valence-electron chi connectivity index (χ1n) is 3.42. The summed E-state index contributed by atoms with van der Waals surface area (Å²) in [5.41, 5.74) is -0.233. The van der Waals surface area contributed by atoms with Crippen molar-refractivity contribution in [3.8, 4) is 0 Å². The van der Waals surface area contributed by atoms with Gasteiger partial charge in [-0.1, -0.05) is 0 Å². The molecule has 0 spiro atoms. The van der Waals surface area contributed by atoms with Crippen LogP contribution in [0.2, 0.25) is 0 Å². The SMILES string of the molecule is CC1(C)CC[C@H](C(=O)O)O1. The summed E-state index contributed by atoms with van der Waals surface area (Å²) in [7, 11) is 0. The molecule has 1 rings (SSSR count). The molecule has 0 amide bonds. The molecule has 0 aromatic carbocycles. The van der Waals surface area contributed by atoms with E-state index in [4.69, 9.17) is 9.84 Å². The molecule has 1 saturated heterocycles. The largest absolute Gasteiger partial charge is 0.479 e. The zero-order chi connectivity index (χ0) is 7.78. The minimum Gasteiger partial charge on any atom is -0.479 e. The van der Waals surface area contributed by atoms with Gasteiger partial charge in [-0.05, 0) is 26.7 Å². The molecule has 10 heavy (non-hydrogen) atoms. The van der Waals surface area contributed by atoms with Crippen molar-refractivity contribution in [2.24, 2.45) is 0 Å². The van der Waals surface area contributed by atoms with Crippen molar-refractivity contribution in [2.45, 2.75) is 38.4 Å². The normalized spacial score (nSPS) is 30.4. The maximum Gasteiger partial charge on any atom is 0.332 e. The highest BCUT2D eigenvalue weighted by Gasteiger charge is 2.35. The zero-order valence-electron chi connectivity index (χ0n) is 6.26. The smallest absolute Gasteiger partial charge is 0.332 e. The predicted molar refractivity (Wildman–Crippen MR) is 35.8 cm³/mol. The van der Waals surface area contributed by atoms with Gasteiger partial charge in [-0.3, -0.25) is 0 Å². The molecule has 1 fully saturated rings. The molecule has 1 N–H and O–H groups in total. The van der Waals surface area contributed by atoms with Crippen LogP contribution in [0.25, 0.3) is 0 Å². The number of carboxylic acid groups (broad SMARTS) is 1. The van der Waals surface area contributed by atoms with Gasteiger partial charge < -0.3 is 9.84 Å². The van der Waals surface area contributed by atoms with E-state index in [0.717, 1.165) is 6.42 Å². The highest BCUT2D eigenvalue weighted by atomic mass is 16.5.